The highest BCUT2D eigenvalue weighted by Crippen LogP contribution is 2.64. The molecule has 0 bridgehead atoms. The van der Waals surface area contributed by atoms with Crippen molar-refractivity contribution in [3.05, 3.63) is 12.2 Å². The van der Waals surface area contributed by atoms with E-state index in [1.807, 2.05) is 0 Å². The summed E-state index contributed by atoms with van der Waals surface area (Å²) in [5, 5.41) is 0. The fraction of sp³-hybridized carbons (Fsp3) is 0.792. The largest absolute Gasteiger partial charge is 0.463 e. The van der Waals surface area contributed by atoms with Crippen molar-refractivity contribution in [3.8, 4) is 0 Å². The number of hydrogen-bond donors (Lipinski definition) is 0. The molecule has 0 radical (unpaired) electrons. The Labute approximate surface area is 169 Å². The molecule has 0 aromatic rings. The van der Waals surface area contributed by atoms with Gasteiger partial charge < -0.3 is 14.3 Å². The van der Waals surface area contributed by atoms with Crippen molar-refractivity contribution >= 4 is 18.5 Å². The number of esters is 1. The van der Waals surface area contributed by atoms with Crippen LogP contribution in [0.25, 0.3) is 0 Å². The summed E-state index contributed by atoms with van der Waals surface area (Å²) >= 11 is 0. The van der Waals surface area contributed by atoms with Gasteiger partial charge >= 0.3 is 5.97 Å². The maximum absolute atomic E-state index is 12.3. The summed E-state index contributed by atoms with van der Waals surface area (Å²) in [5.41, 5.74) is 1.19. The normalized spacial score (nSPS) is 45.7. The average molecular weight is 389 g/mol. The van der Waals surface area contributed by atoms with Gasteiger partial charge in [-0.25, -0.2) is 0 Å². The van der Waals surface area contributed by atoms with Crippen molar-refractivity contribution in [3.63, 3.8) is 0 Å². The van der Waals surface area contributed by atoms with Crippen LogP contribution in [0.4, 0.5) is 0 Å². The molecule has 0 amide bonds. The highest BCUT2D eigenvalue weighted by atomic mass is 16.5. The fourth-order valence-corrected chi connectivity index (χ4v) is 7.30. The molecule has 0 aromatic heterocycles. The molecule has 0 aromatic carbocycles. The Morgan fingerprint density at radius 2 is 1.61 bits per heavy atom. The topological polar surface area (TPSA) is 60.4 Å². The molecule has 3 rings (SSSR count). The van der Waals surface area contributed by atoms with E-state index in [-0.39, 0.29) is 40.7 Å². The quantitative estimate of drug-likeness (QED) is 0.387. The first-order chi connectivity index (χ1) is 13.2. The number of aldehydes is 2. The first-order valence-corrected chi connectivity index (χ1v) is 10.9. The number of fused-ring (bicyclic) bond motifs is 1. The van der Waals surface area contributed by atoms with Crippen LogP contribution in [0.15, 0.2) is 12.2 Å². The fourth-order valence-electron chi connectivity index (χ4n) is 7.30. The zero-order chi connectivity index (χ0) is 20.7. The van der Waals surface area contributed by atoms with E-state index in [9.17, 15) is 14.4 Å². The van der Waals surface area contributed by atoms with Crippen LogP contribution in [-0.2, 0) is 19.1 Å². The van der Waals surface area contributed by atoms with Crippen molar-refractivity contribution in [2.45, 2.75) is 78.7 Å². The van der Waals surface area contributed by atoms with Crippen LogP contribution in [0, 0.1) is 40.4 Å². The summed E-state index contributed by atoms with van der Waals surface area (Å²) in [6.07, 6.45) is 8.53. The van der Waals surface area contributed by atoms with Gasteiger partial charge in [-0.15, -0.1) is 0 Å². The molecule has 2 unspecified atom stereocenters. The standard InChI is InChI=1S/C24H36O4/c1-15(2)20-6-7-21-19(14-26)22(9-11-24(20,21)5)23(4)10-8-18(28-16(3)27)12-17(23)13-25/h13-14,17-22H,1,6-12H2,2-5H3/t17-,18+,19+,20-,21?,22?,23+,24-/m1/s1. The summed E-state index contributed by atoms with van der Waals surface area (Å²) in [6, 6.07) is 0. The predicted molar refractivity (Wildman–Crippen MR) is 108 cm³/mol. The molecule has 3 fully saturated rings. The molecule has 28 heavy (non-hydrogen) atoms. The van der Waals surface area contributed by atoms with Crippen LogP contribution in [0.3, 0.4) is 0 Å². The molecule has 8 atom stereocenters. The van der Waals surface area contributed by atoms with Crippen molar-refractivity contribution in [2.75, 3.05) is 0 Å². The lowest BCUT2D eigenvalue weighted by molar-refractivity contribution is -0.156. The number of allylic oxidation sites excluding steroid dienone is 1. The van der Waals surface area contributed by atoms with Gasteiger partial charge in [-0.1, -0.05) is 26.0 Å². The smallest absolute Gasteiger partial charge is 0.302 e. The zero-order valence-electron chi connectivity index (χ0n) is 17.9. The van der Waals surface area contributed by atoms with E-state index in [4.69, 9.17) is 4.74 Å². The summed E-state index contributed by atoms with van der Waals surface area (Å²) in [6.45, 7) is 12.3. The van der Waals surface area contributed by atoms with Crippen molar-refractivity contribution in [1.29, 1.82) is 0 Å². The molecule has 3 saturated carbocycles. The van der Waals surface area contributed by atoms with E-state index in [0.29, 0.717) is 18.3 Å². The number of carbonyl (C=O) groups is 3. The molecule has 0 saturated heterocycles. The Morgan fingerprint density at radius 3 is 2.18 bits per heavy atom. The van der Waals surface area contributed by atoms with Crippen molar-refractivity contribution < 1.29 is 19.1 Å². The van der Waals surface area contributed by atoms with Crippen LogP contribution >= 0.6 is 0 Å². The summed E-state index contributed by atoms with van der Waals surface area (Å²) in [7, 11) is 0. The minimum absolute atomic E-state index is 0.000764. The minimum Gasteiger partial charge on any atom is -0.463 e. The van der Waals surface area contributed by atoms with E-state index in [2.05, 4.69) is 27.4 Å². The van der Waals surface area contributed by atoms with Gasteiger partial charge in [-0.3, -0.25) is 4.79 Å². The molecule has 0 spiro atoms. The van der Waals surface area contributed by atoms with Crippen molar-refractivity contribution in [2.24, 2.45) is 40.4 Å². The zero-order valence-corrected chi connectivity index (χ0v) is 17.9. The SMILES string of the molecule is C=C(C)[C@H]1CCC2[C@H](C=O)C([C@@]3(C)CC[C@H](OC(C)=O)C[C@@H]3C=O)CC[C@@]21C. The summed E-state index contributed by atoms with van der Waals surface area (Å²) in [5.74, 6) is 0.646. The van der Waals surface area contributed by atoms with Crippen LogP contribution in [0.1, 0.15) is 72.6 Å². The number of carbonyl (C=O) groups excluding carboxylic acids is 3. The molecule has 0 aliphatic heterocycles. The molecule has 4 heteroatoms. The maximum atomic E-state index is 12.3. The van der Waals surface area contributed by atoms with Gasteiger partial charge in [0.2, 0.25) is 0 Å². The van der Waals surface area contributed by atoms with E-state index in [1.165, 1.54) is 18.8 Å². The summed E-state index contributed by atoms with van der Waals surface area (Å²) < 4.78 is 5.41. The van der Waals surface area contributed by atoms with Gasteiger partial charge in [0.25, 0.3) is 0 Å². The number of ether oxygens (including phenoxy) is 1. The van der Waals surface area contributed by atoms with Gasteiger partial charge in [-0.05, 0) is 80.5 Å². The molecule has 3 aliphatic carbocycles. The van der Waals surface area contributed by atoms with Gasteiger partial charge in [0.05, 0.1) is 0 Å². The Bertz CT molecular complexity index is 655. The minimum atomic E-state index is -0.283. The number of hydrogen-bond acceptors (Lipinski definition) is 4. The lowest BCUT2D eigenvalue weighted by Gasteiger charge is -2.55. The van der Waals surface area contributed by atoms with Gasteiger partial charge in [0, 0.05) is 18.8 Å². The second-order valence-electron chi connectivity index (χ2n) is 10.2. The lowest BCUT2D eigenvalue weighted by Crippen LogP contribution is -2.52. The first kappa shape index (κ1) is 21.3. The highest BCUT2D eigenvalue weighted by Gasteiger charge is 2.58. The van der Waals surface area contributed by atoms with Crippen LogP contribution in [0.2, 0.25) is 0 Å². The molecular weight excluding hydrogens is 352 g/mol. The second kappa shape index (κ2) is 7.76. The van der Waals surface area contributed by atoms with Crippen LogP contribution < -0.4 is 0 Å². The Kier molecular flexibility index (Phi) is 5.89. The molecule has 3 aliphatic rings. The predicted octanol–water partition coefficient (Wildman–Crippen LogP) is 4.76. The molecule has 156 valence electrons. The van der Waals surface area contributed by atoms with E-state index >= 15 is 0 Å². The average Bonchev–Trinajstić information content (AvgIpc) is 2.99. The molecule has 0 N–H and O–H groups in total. The Balaban J connectivity index is 1.85. The van der Waals surface area contributed by atoms with E-state index in [1.54, 1.807) is 0 Å². The van der Waals surface area contributed by atoms with Crippen LogP contribution in [0.5, 0.6) is 0 Å². The maximum Gasteiger partial charge on any atom is 0.302 e. The van der Waals surface area contributed by atoms with Gasteiger partial charge in [-0.2, -0.15) is 0 Å². The second-order valence-corrected chi connectivity index (χ2v) is 10.2. The van der Waals surface area contributed by atoms with Gasteiger partial charge in [0.1, 0.15) is 18.7 Å². The third-order valence-electron chi connectivity index (χ3n) is 8.80. The van der Waals surface area contributed by atoms with Gasteiger partial charge in [0.15, 0.2) is 0 Å². The Morgan fingerprint density at radius 1 is 0.964 bits per heavy atom. The van der Waals surface area contributed by atoms with E-state index < -0.39 is 0 Å². The van der Waals surface area contributed by atoms with Crippen LogP contribution in [-0.4, -0.2) is 24.6 Å². The lowest BCUT2D eigenvalue weighted by atomic mass is 9.49. The Hall–Kier alpha value is -1.45. The first-order valence-electron chi connectivity index (χ1n) is 10.9. The molecule has 4 nitrogen and oxygen atoms in total. The highest BCUT2D eigenvalue weighted by molar-refractivity contribution is 5.66. The monoisotopic (exact) mass is 388 g/mol. The molecular formula is C24H36O4. The van der Waals surface area contributed by atoms with Crippen molar-refractivity contribution in [1.82, 2.24) is 0 Å². The third-order valence-corrected chi connectivity index (χ3v) is 8.80. The summed E-state index contributed by atoms with van der Waals surface area (Å²) in [4.78, 5) is 35.7. The molecule has 0 heterocycles. The third kappa shape index (κ3) is 3.37. The van der Waals surface area contributed by atoms with E-state index in [0.717, 1.165) is 44.8 Å². The number of rotatable bonds is 5.